The Morgan fingerprint density at radius 1 is 1.40 bits per heavy atom. The normalized spacial score (nSPS) is 11.2. The molecule has 0 aliphatic rings. The molecular formula is C9H9N5O4S2. The Kier molecular flexibility index (Phi) is 3.55. The molecular weight excluding hydrogens is 306 g/mol. The van der Waals surface area contributed by atoms with Crippen LogP contribution in [0.4, 0.5) is 16.5 Å². The van der Waals surface area contributed by atoms with Crippen LogP contribution in [0.5, 0.6) is 0 Å². The number of nitro groups is 1. The highest BCUT2D eigenvalue weighted by molar-refractivity contribution is 7.93. The van der Waals surface area contributed by atoms with E-state index in [0.29, 0.717) is 5.01 Å². The van der Waals surface area contributed by atoms with Gasteiger partial charge < -0.3 is 5.73 Å². The minimum Gasteiger partial charge on any atom is -0.393 e. The summed E-state index contributed by atoms with van der Waals surface area (Å²) in [4.78, 5) is 9.73. The minimum atomic E-state index is -3.97. The van der Waals surface area contributed by atoms with Crippen LogP contribution in [0.15, 0.2) is 23.1 Å². The summed E-state index contributed by atoms with van der Waals surface area (Å²) in [5, 5.41) is 18.7. The number of rotatable bonds is 4. The van der Waals surface area contributed by atoms with Crippen molar-refractivity contribution in [3.63, 3.8) is 0 Å². The maximum atomic E-state index is 12.1. The van der Waals surface area contributed by atoms with E-state index in [0.717, 1.165) is 23.5 Å². The highest BCUT2D eigenvalue weighted by Gasteiger charge is 2.21. The molecule has 0 amide bonds. The summed E-state index contributed by atoms with van der Waals surface area (Å²) in [6, 6.07) is 3.24. The van der Waals surface area contributed by atoms with Crippen LogP contribution in [-0.2, 0) is 10.0 Å². The lowest BCUT2D eigenvalue weighted by atomic mass is 10.3. The number of benzene rings is 1. The summed E-state index contributed by atoms with van der Waals surface area (Å²) in [5.74, 6) is 0. The van der Waals surface area contributed by atoms with Crippen molar-refractivity contribution in [2.75, 3.05) is 10.5 Å². The van der Waals surface area contributed by atoms with Gasteiger partial charge in [0.05, 0.1) is 9.82 Å². The number of nitrogen functional groups attached to an aromatic ring is 1. The van der Waals surface area contributed by atoms with Crippen molar-refractivity contribution in [1.82, 2.24) is 10.2 Å². The van der Waals surface area contributed by atoms with E-state index in [-0.39, 0.29) is 15.7 Å². The third kappa shape index (κ3) is 2.83. The van der Waals surface area contributed by atoms with Crippen LogP contribution in [0.3, 0.4) is 0 Å². The smallest absolute Gasteiger partial charge is 0.293 e. The second-order valence-corrected chi connectivity index (χ2v) is 6.57. The maximum absolute atomic E-state index is 12.1. The van der Waals surface area contributed by atoms with Crippen LogP contribution in [0.1, 0.15) is 5.01 Å². The third-order valence-corrected chi connectivity index (χ3v) is 4.48. The van der Waals surface area contributed by atoms with Crippen molar-refractivity contribution >= 4 is 37.9 Å². The zero-order valence-corrected chi connectivity index (χ0v) is 11.7. The van der Waals surface area contributed by atoms with E-state index >= 15 is 0 Å². The Balaban J connectivity index is 2.39. The van der Waals surface area contributed by atoms with Gasteiger partial charge in [-0.25, -0.2) is 8.42 Å². The van der Waals surface area contributed by atoms with Crippen molar-refractivity contribution < 1.29 is 13.3 Å². The van der Waals surface area contributed by atoms with Gasteiger partial charge in [-0.05, 0) is 19.1 Å². The third-order valence-electron chi connectivity index (χ3n) is 2.26. The molecule has 0 saturated heterocycles. The van der Waals surface area contributed by atoms with E-state index in [1.807, 2.05) is 0 Å². The van der Waals surface area contributed by atoms with Crippen molar-refractivity contribution in [3.8, 4) is 0 Å². The average molecular weight is 315 g/mol. The number of nitrogens with two attached hydrogens (primary N) is 1. The van der Waals surface area contributed by atoms with Crippen LogP contribution in [-0.4, -0.2) is 23.5 Å². The number of sulfonamides is 1. The largest absolute Gasteiger partial charge is 0.393 e. The van der Waals surface area contributed by atoms with Gasteiger partial charge in [0, 0.05) is 6.07 Å². The molecule has 0 bridgehead atoms. The average Bonchev–Trinajstić information content (AvgIpc) is 2.73. The first kappa shape index (κ1) is 14.1. The van der Waals surface area contributed by atoms with Gasteiger partial charge in [-0.15, -0.1) is 10.2 Å². The molecule has 0 aliphatic heterocycles. The summed E-state index contributed by atoms with van der Waals surface area (Å²) in [5.41, 5.74) is 4.83. The Bertz CT molecular complexity index is 770. The zero-order valence-electron chi connectivity index (χ0n) is 10.1. The van der Waals surface area contributed by atoms with Crippen LogP contribution < -0.4 is 10.5 Å². The SMILES string of the molecule is Cc1nnc(NS(=O)(=O)c2ccc(N)c([N+](=O)[O-])c2)s1. The molecule has 0 fully saturated rings. The van der Waals surface area contributed by atoms with E-state index < -0.39 is 20.6 Å². The highest BCUT2D eigenvalue weighted by Crippen LogP contribution is 2.26. The van der Waals surface area contributed by atoms with Gasteiger partial charge in [0.15, 0.2) is 0 Å². The van der Waals surface area contributed by atoms with E-state index in [1.54, 1.807) is 6.92 Å². The summed E-state index contributed by atoms with van der Waals surface area (Å²) >= 11 is 1.05. The number of anilines is 2. The molecule has 3 N–H and O–H groups in total. The van der Waals surface area contributed by atoms with Crippen LogP contribution >= 0.6 is 11.3 Å². The number of aromatic nitrogens is 2. The van der Waals surface area contributed by atoms with Crippen molar-refractivity contribution in [2.45, 2.75) is 11.8 Å². The lowest BCUT2D eigenvalue weighted by Gasteiger charge is -2.05. The predicted molar refractivity (Wildman–Crippen MR) is 73.0 cm³/mol. The molecule has 0 spiro atoms. The van der Waals surface area contributed by atoms with Crippen LogP contribution in [0.2, 0.25) is 0 Å². The Hall–Kier alpha value is -2.27. The zero-order chi connectivity index (χ0) is 14.9. The Morgan fingerprint density at radius 2 is 2.10 bits per heavy atom. The minimum absolute atomic E-state index is 0.0852. The molecule has 0 atom stereocenters. The van der Waals surface area contributed by atoms with Crippen LogP contribution in [0.25, 0.3) is 0 Å². The lowest BCUT2D eigenvalue weighted by Crippen LogP contribution is -2.13. The molecule has 20 heavy (non-hydrogen) atoms. The number of nitrogens with zero attached hydrogens (tertiary/aromatic N) is 3. The van der Waals surface area contributed by atoms with E-state index in [9.17, 15) is 18.5 Å². The van der Waals surface area contributed by atoms with Crippen molar-refractivity contribution in [3.05, 3.63) is 33.3 Å². The molecule has 2 aromatic rings. The summed E-state index contributed by atoms with van der Waals surface area (Å²) in [6.45, 7) is 1.67. The lowest BCUT2D eigenvalue weighted by molar-refractivity contribution is -0.384. The second-order valence-electron chi connectivity index (χ2n) is 3.71. The molecule has 9 nitrogen and oxygen atoms in total. The number of nitrogens with one attached hydrogen (secondary N) is 1. The van der Waals surface area contributed by atoms with Crippen molar-refractivity contribution in [1.29, 1.82) is 0 Å². The van der Waals surface area contributed by atoms with E-state index in [4.69, 9.17) is 5.73 Å². The first-order valence-electron chi connectivity index (χ1n) is 5.16. The van der Waals surface area contributed by atoms with Crippen LogP contribution in [0, 0.1) is 17.0 Å². The first-order chi connectivity index (χ1) is 9.29. The van der Waals surface area contributed by atoms with Crippen molar-refractivity contribution in [2.24, 2.45) is 0 Å². The number of hydrogen-bond acceptors (Lipinski definition) is 8. The highest BCUT2D eigenvalue weighted by atomic mass is 32.2. The van der Waals surface area contributed by atoms with E-state index in [1.165, 1.54) is 6.07 Å². The molecule has 0 radical (unpaired) electrons. The van der Waals surface area contributed by atoms with Gasteiger partial charge in [-0.2, -0.15) is 0 Å². The molecule has 11 heteroatoms. The second kappa shape index (κ2) is 5.02. The predicted octanol–water partition coefficient (Wildman–Crippen LogP) is 1.14. The summed E-state index contributed by atoms with van der Waals surface area (Å²) < 4.78 is 26.3. The van der Waals surface area contributed by atoms with Gasteiger partial charge in [-0.3, -0.25) is 14.8 Å². The fraction of sp³-hybridized carbons (Fsp3) is 0.111. The van der Waals surface area contributed by atoms with Gasteiger partial charge in [0.25, 0.3) is 15.7 Å². The Morgan fingerprint density at radius 3 is 2.65 bits per heavy atom. The monoisotopic (exact) mass is 315 g/mol. The van der Waals surface area contributed by atoms with Gasteiger partial charge in [-0.1, -0.05) is 11.3 Å². The van der Waals surface area contributed by atoms with Gasteiger partial charge in [0.2, 0.25) is 5.13 Å². The van der Waals surface area contributed by atoms with Gasteiger partial charge >= 0.3 is 0 Å². The molecule has 0 aliphatic carbocycles. The fourth-order valence-corrected chi connectivity index (χ4v) is 3.20. The number of hydrogen-bond donors (Lipinski definition) is 2. The molecule has 1 aromatic heterocycles. The molecule has 1 aromatic carbocycles. The first-order valence-corrected chi connectivity index (χ1v) is 7.46. The quantitative estimate of drug-likeness (QED) is 0.489. The fourth-order valence-electron chi connectivity index (χ4n) is 1.36. The summed E-state index contributed by atoms with van der Waals surface area (Å²) in [6.07, 6.45) is 0. The van der Waals surface area contributed by atoms with Gasteiger partial charge in [0.1, 0.15) is 10.7 Å². The Labute approximate surface area is 117 Å². The molecule has 0 saturated carbocycles. The number of aryl methyl sites for hydroxylation is 1. The summed E-state index contributed by atoms with van der Waals surface area (Å²) in [7, 11) is -3.97. The molecule has 106 valence electrons. The molecule has 0 unspecified atom stereocenters. The maximum Gasteiger partial charge on any atom is 0.293 e. The topological polar surface area (TPSA) is 141 Å². The number of nitro benzene ring substituents is 1. The molecule has 1 heterocycles. The molecule has 2 rings (SSSR count). The standard InChI is InChI=1S/C9H9N5O4S2/c1-5-11-12-9(19-5)13-20(17,18)6-2-3-7(10)8(4-6)14(15)16/h2-4H,10H2,1H3,(H,12,13). The van der Waals surface area contributed by atoms with E-state index in [2.05, 4.69) is 14.9 Å².